The number of anilines is 1. The molecule has 1 amide bonds. The van der Waals surface area contributed by atoms with Crippen molar-refractivity contribution in [1.82, 2.24) is 14.8 Å². The molecule has 0 aliphatic heterocycles. The van der Waals surface area contributed by atoms with Gasteiger partial charge in [0.15, 0.2) is 11.0 Å². The van der Waals surface area contributed by atoms with Crippen molar-refractivity contribution < 1.29 is 4.79 Å². The highest BCUT2D eigenvalue weighted by atomic mass is 127. The second-order valence-corrected chi connectivity index (χ2v) is 8.11. The first-order chi connectivity index (χ1) is 13.1. The Hall–Kier alpha value is -2.13. The van der Waals surface area contributed by atoms with E-state index >= 15 is 0 Å². The number of allylic oxidation sites excluding steroid dienone is 1. The lowest BCUT2D eigenvalue weighted by Gasteiger charge is -2.08. The molecular formula is C20H19IN4OS. The molecule has 1 heterocycles. The molecule has 0 saturated carbocycles. The van der Waals surface area contributed by atoms with Crippen LogP contribution in [0.1, 0.15) is 5.56 Å². The molecule has 0 atom stereocenters. The van der Waals surface area contributed by atoms with Crippen LogP contribution in [-0.4, -0.2) is 26.4 Å². The Kier molecular flexibility index (Phi) is 6.68. The van der Waals surface area contributed by atoms with Crippen LogP contribution in [-0.2, 0) is 11.3 Å². The largest absolute Gasteiger partial charge is 0.325 e. The normalized spacial score (nSPS) is 10.6. The number of thioether (sulfide) groups is 1. The van der Waals surface area contributed by atoms with E-state index < -0.39 is 0 Å². The van der Waals surface area contributed by atoms with E-state index in [0.29, 0.717) is 11.7 Å². The van der Waals surface area contributed by atoms with Gasteiger partial charge in [-0.2, -0.15) is 0 Å². The lowest BCUT2D eigenvalue weighted by Crippen LogP contribution is -2.14. The summed E-state index contributed by atoms with van der Waals surface area (Å²) in [5.74, 6) is 0.959. The van der Waals surface area contributed by atoms with Crippen molar-refractivity contribution in [3.8, 4) is 11.4 Å². The highest BCUT2D eigenvalue weighted by molar-refractivity contribution is 14.1. The second kappa shape index (κ2) is 9.18. The van der Waals surface area contributed by atoms with E-state index in [-0.39, 0.29) is 11.7 Å². The average Bonchev–Trinajstić information content (AvgIpc) is 3.05. The van der Waals surface area contributed by atoms with Crippen LogP contribution >= 0.6 is 34.4 Å². The summed E-state index contributed by atoms with van der Waals surface area (Å²) in [6, 6.07) is 15.8. The fourth-order valence-electron chi connectivity index (χ4n) is 2.55. The Balaban J connectivity index is 1.72. The van der Waals surface area contributed by atoms with Gasteiger partial charge in [-0.3, -0.25) is 9.36 Å². The molecule has 3 rings (SSSR count). The fourth-order valence-corrected chi connectivity index (χ4v) is 3.65. The van der Waals surface area contributed by atoms with Crippen molar-refractivity contribution in [2.75, 3.05) is 11.1 Å². The molecule has 0 saturated heterocycles. The number of benzene rings is 2. The summed E-state index contributed by atoms with van der Waals surface area (Å²) in [4.78, 5) is 12.2. The van der Waals surface area contributed by atoms with Crippen LogP contribution < -0.4 is 5.32 Å². The quantitative estimate of drug-likeness (QED) is 0.295. The first-order valence-corrected chi connectivity index (χ1v) is 10.4. The molecule has 0 aliphatic rings. The first-order valence-electron chi connectivity index (χ1n) is 8.36. The number of hydrogen-bond acceptors (Lipinski definition) is 4. The van der Waals surface area contributed by atoms with Crippen LogP contribution in [0, 0.1) is 10.5 Å². The molecule has 0 radical (unpaired) electrons. The van der Waals surface area contributed by atoms with Crippen LogP contribution in [0.4, 0.5) is 5.69 Å². The lowest BCUT2D eigenvalue weighted by atomic mass is 10.1. The zero-order valence-corrected chi connectivity index (χ0v) is 17.8. The Labute approximate surface area is 176 Å². The summed E-state index contributed by atoms with van der Waals surface area (Å²) in [5, 5.41) is 12.2. The van der Waals surface area contributed by atoms with Gasteiger partial charge in [0.25, 0.3) is 0 Å². The third-order valence-corrected chi connectivity index (χ3v) is 5.45. The topological polar surface area (TPSA) is 59.8 Å². The maximum Gasteiger partial charge on any atom is 0.234 e. The number of carbonyl (C=O) groups is 1. The smallest absolute Gasteiger partial charge is 0.234 e. The Morgan fingerprint density at radius 2 is 2.04 bits per heavy atom. The van der Waals surface area contributed by atoms with Gasteiger partial charge in [0.2, 0.25) is 5.91 Å². The molecule has 1 aromatic heterocycles. The molecule has 2 aromatic carbocycles. The summed E-state index contributed by atoms with van der Waals surface area (Å²) in [5.41, 5.74) is 2.94. The maximum absolute atomic E-state index is 12.2. The van der Waals surface area contributed by atoms with Crippen molar-refractivity contribution in [1.29, 1.82) is 0 Å². The third-order valence-electron chi connectivity index (χ3n) is 3.77. The molecule has 27 heavy (non-hydrogen) atoms. The van der Waals surface area contributed by atoms with Gasteiger partial charge in [0.1, 0.15) is 0 Å². The van der Waals surface area contributed by atoms with Crippen LogP contribution in [0.5, 0.6) is 0 Å². The van der Waals surface area contributed by atoms with Crippen LogP contribution in [0.3, 0.4) is 0 Å². The minimum absolute atomic E-state index is 0.0773. The zero-order valence-electron chi connectivity index (χ0n) is 14.9. The number of nitrogens with one attached hydrogen (secondary N) is 1. The summed E-state index contributed by atoms with van der Waals surface area (Å²) in [6.45, 7) is 6.45. The second-order valence-electron chi connectivity index (χ2n) is 5.92. The molecule has 138 valence electrons. The fraction of sp³-hybridized carbons (Fsp3) is 0.150. The maximum atomic E-state index is 12.2. The highest BCUT2D eigenvalue weighted by Crippen LogP contribution is 2.25. The molecule has 0 unspecified atom stereocenters. The predicted molar refractivity (Wildman–Crippen MR) is 119 cm³/mol. The van der Waals surface area contributed by atoms with Gasteiger partial charge in [0.05, 0.1) is 5.75 Å². The van der Waals surface area contributed by atoms with Crippen LogP contribution in [0.25, 0.3) is 11.4 Å². The van der Waals surface area contributed by atoms with E-state index in [1.807, 2.05) is 54.0 Å². The van der Waals surface area contributed by atoms with Crippen molar-refractivity contribution in [3.63, 3.8) is 0 Å². The van der Waals surface area contributed by atoms with Crippen molar-refractivity contribution in [2.45, 2.75) is 18.6 Å². The minimum atomic E-state index is -0.0773. The van der Waals surface area contributed by atoms with Crippen LogP contribution in [0.2, 0.25) is 0 Å². The zero-order chi connectivity index (χ0) is 19.2. The molecule has 1 N–H and O–H groups in total. The third kappa shape index (κ3) is 5.20. The van der Waals surface area contributed by atoms with Gasteiger partial charge in [-0.1, -0.05) is 41.6 Å². The number of amides is 1. The molecular weight excluding hydrogens is 471 g/mol. The summed E-state index contributed by atoms with van der Waals surface area (Å²) in [7, 11) is 0. The number of rotatable bonds is 7. The first kappa shape index (κ1) is 19.6. The van der Waals surface area contributed by atoms with Gasteiger partial charge in [-0.15, -0.1) is 16.8 Å². The van der Waals surface area contributed by atoms with E-state index in [0.717, 1.165) is 26.2 Å². The van der Waals surface area contributed by atoms with E-state index in [2.05, 4.69) is 50.8 Å². The number of halogens is 1. The lowest BCUT2D eigenvalue weighted by molar-refractivity contribution is -0.113. The minimum Gasteiger partial charge on any atom is -0.325 e. The number of hydrogen-bond donors (Lipinski definition) is 1. The summed E-state index contributed by atoms with van der Waals surface area (Å²) >= 11 is 3.60. The SMILES string of the molecule is C=CCn1c(SCC(=O)Nc2ccc(I)cc2)nnc1-c1cccc(C)c1. The van der Waals surface area contributed by atoms with Crippen molar-refractivity contribution in [3.05, 3.63) is 70.3 Å². The number of aromatic nitrogens is 3. The van der Waals surface area contributed by atoms with E-state index in [1.165, 1.54) is 11.8 Å². The van der Waals surface area contributed by atoms with Crippen molar-refractivity contribution in [2.24, 2.45) is 0 Å². The number of nitrogens with zero attached hydrogens (tertiary/aromatic N) is 3. The Bertz CT molecular complexity index is 953. The van der Waals surface area contributed by atoms with Gasteiger partial charge in [-0.05, 0) is 59.8 Å². The molecule has 5 nitrogen and oxygen atoms in total. The summed E-state index contributed by atoms with van der Waals surface area (Å²) < 4.78 is 3.10. The van der Waals surface area contributed by atoms with Gasteiger partial charge < -0.3 is 5.32 Å². The Morgan fingerprint density at radius 1 is 1.26 bits per heavy atom. The number of aryl methyl sites for hydroxylation is 1. The Morgan fingerprint density at radius 3 is 2.74 bits per heavy atom. The van der Waals surface area contributed by atoms with Gasteiger partial charge in [-0.25, -0.2) is 0 Å². The van der Waals surface area contributed by atoms with E-state index in [9.17, 15) is 4.79 Å². The highest BCUT2D eigenvalue weighted by Gasteiger charge is 2.15. The molecule has 7 heteroatoms. The van der Waals surface area contributed by atoms with E-state index in [4.69, 9.17) is 0 Å². The molecule has 3 aromatic rings. The van der Waals surface area contributed by atoms with E-state index in [1.54, 1.807) is 6.08 Å². The number of carbonyl (C=O) groups excluding carboxylic acids is 1. The molecule has 0 spiro atoms. The molecule has 0 aliphatic carbocycles. The van der Waals surface area contributed by atoms with Gasteiger partial charge >= 0.3 is 0 Å². The standard InChI is InChI=1S/C20H19IN4OS/c1-3-11-25-19(15-6-4-5-14(2)12-15)23-24-20(25)27-13-18(26)22-17-9-7-16(21)8-10-17/h3-10,12H,1,11,13H2,2H3,(H,22,26). The van der Waals surface area contributed by atoms with Gasteiger partial charge in [0, 0.05) is 21.4 Å². The average molecular weight is 490 g/mol. The predicted octanol–water partition coefficient (Wildman–Crippen LogP) is 4.77. The molecule has 0 bridgehead atoms. The van der Waals surface area contributed by atoms with Crippen LogP contribution in [0.15, 0.2) is 66.3 Å². The van der Waals surface area contributed by atoms with Crippen molar-refractivity contribution >= 4 is 45.9 Å². The molecule has 0 fully saturated rings. The summed E-state index contributed by atoms with van der Waals surface area (Å²) in [6.07, 6.45) is 1.80. The monoisotopic (exact) mass is 490 g/mol.